The molecule has 8 nitrogen and oxygen atoms in total. The number of carbonyl (C=O) groups excluding carboxylic acids is 1. The lowest BCUT2D eigenvalue weighted by molar-refractivity contribution is 0.0980. The van der Waals surface area contributed by atoms with Gasteiger partial charge in [0, 0.05) is 17.8 Å². The van der Waals surface area contributed by atoms with Crippen molar-refractivity contribution in [3.05, 3.63) is 65.7 Å². The van der Waals surface area contributed by atoms with Gasteiger partial charge < -0.3 is 19.5 Å². The van der Waals surface area contributed by atoms with E-state index in [0.29, 0.717) is 30.0 Å². The first-order chi connectivity index (χ1) is 15.3. The van der Waals surface area contributed by atoms with E-state index in [9.17, 15) is 18.3 Å². The fourth-order valence-electron chi connectivity index (χ4n) is 3.96. The molecule has 0 bridgehead atoms. The molecule has 2 aliphatic rings. The minimum absolute atomic E-state index is 0.0294. The van der Waals surface area contributed by atoms with Gasteiger partial charge in [0.25, 0.3) is 5.91 Å². The molecule has 164 valence electrons. The van der Waals surface area contributed by atoms with E-state index >= 15 is 0 Å². The number of rotatable bonds is 4. The highest BCUT2D eigenvalue weighted by atomic mass is 32.2. The summed E-state index contributed by atoms with van der Waals surface area (Å²) < 4.78 is 36.2. The molecule has 2 heterocycles. The normalized spacial score (nSPS) is 14.9. The van der Waals surface area contributed by atoms with Crippen LogP contribution in [0.25, 0.3) is 11.1 Å². The molecule has 3 aromatic carbocycles. The maximum absolute atomic E-state index is 13.2. The molecule has 0 aromatic heterocycles. The molecule has 0 aliphatic carbocycles. The first kappa shape index (κ1) is 20.2. The summed E-state index contributed by atoms with van der Waals surface area (Å²) in [5.41, 5.74) is 4.02. The van der Waals surface area contributed by atoms with Crippen LogP contribution < -0.4 is 19.1 Å². The van der Waals surface area contributed by atoms with Crippen molar-refractivity contribution < 1.29 is 27.8 Å². The van der Waals surface area contributed by atoms with Crippen molar-refractivity contribution in [1.82, 2.24) is 0 Å². The largest absolute Gasteiger partial charge is 0.506 e. The van der Waals surface area contributed by atoms with Crippen LogP contribution >= 0.6 is 0 Å². The summed E-state index contributed by atoms with van der Waals surface area (Å²) in [5, 5.41) is 9.97. The van der Waals surface area contributed by atoms with Gasteiger partial charge in [0.15, 0.2) is 11.5 Å². The minimum atomic E-state index is -3.57. The second kappa shape index (κ2) is 7.45. The molecule has 0 saturated heterocycles. The Bertz CT molecular complexity index is 1350. The molecule has 0 fully saturated rings. The van der Waals surface area contributed by atoms with Crippen molar-refractivity contribution in [3.63, 3.8) is 0 Å². The SMILES string of the molecule is CS(=O)(=O)Nc1cc(N2CCc3cc(-c4ccc5c(c4)OCO5)ccc3C2=O)ccc1O. The maximum atomic E-state index is 13.2. The number of benzene rings is 3. The zero-order valence-corrected chi connectivity index (χ0v) is 18.0. The lowest BCUT2D eigenvalue weighted by atomic mass is 9.93. The average molecular weight is 452 g/mol. The van der Waals surface area contributed by atoms with Crippen molar-refractivity contribution in [3.8, 4) is 28.4 Å². The highest BCUT2D eigenvalue weighted by Gasteiger charge is 2.27. The van der Waals surface area contributed by atoms with Crippen LogP contribution in [-0.2, 0) is 16.4 Å². The van der Waals surface area contributed by atoms with E-state index in [-0.39, 0.29) is 24.1 Å². The van der Waals surface area contributed by atoms with Gasteiger partial charge in [-0.3, -0.25) is 9.52 Å². The van der Waals surface area contributed by atoms with Gasteiger partial charge >= 0.3 is 0 Å². The zero-order chi connectivity index (χ0) is 22.5. The number of aromatic hydroxyl groups is 1. The number of amides is 1. The van der Waals surface area contributed by atoms with Crippen molar-refractivity contribution >= 4 is 27.3 Å². The summed E-state index contributed by atoms with van der Waals surface area (Å²) in [5.74, 6) is 1.03. The third kappa shape index (κ3) is 3.71. The highest BCUT2D eigenvalue weighted by molar-refractivity contribution is 7.92. The predicted molar refractivity (Wildman–Crippen MR) is 120 cm³/mol. The number of fused-ring (bicyclic) bond motifs is 2. The highest BCUT2D eigenvalue weighted by Crippen LogP contribution is 2.37. The van der Waals surface area contributed by atoms with Crippen LogP contribution in [0.2, 0.25) is 0 Å². The molecule has 0 spiro atoms. The van der Waals surface area contributed by atoms with Crippen molar-refractivity contribution in [1.29, 1.82) is 0 Å². The molecule has 0 saturated carbocycles. The smallest absolute Gasteiger partial charge is 0.258 e. The first-order valence-electron chi connectivity index (χ1n) is 9.94. The topological polar surface area (TPSA) is 105 Å². The number of ether oxygens (including phenoxy) is 2. The van der Waals surface area contributed by atoms with Crippen molar-refractivity contribution in [2.24, 2.45) is 0 Å². The summed E-state index contributed by atoms with van der Waals surface area (Å²) in [4.78, 5) is 14.8. The number of hydrogen-bond acceptors (Lipinski definition) is 6. The summed E-state index contributed by atoms with van der Waals surface area (Å²) in [6.45, 7) is 0.644. The number of sulfonamides is 1. The monoisotopic (exact) mass is 452 g/mol. The number of carbonyl (C=O) groups is 1. The van der Waals surface area contributed by atoms with E-state index in [1.807, 2.05) is 30.3 Å². The lowest BCUT2D eigenvalue weighted by Crippen LogP contribution is -2.37. The van der Waals surface area contributed by atoms with Crippen LogP contribution in [0, 0.1) is 0 Å². The Morgan fingerprint density at radius 3 is 2.53 bits per heavy atom. The van der Waals surface area contributed by atoms with Gasteiger partial charge in [-0.05, 0) is 59.5 Å². The number of phenols is 1. The molecule has 3 aromatic rings. The van der Waals surface area contributed by atoms with E-state index < -0.39 is 10.0 Å². The molecule has 5 rings (SSSR count). The van der Waals surface area contributed by atoms with Crippen LogP contribution in [0.3, 0.4) is 0 Å². The Balaban J connectivity index is 1.44. The second-order valence-corrected chi connectivity index (χ2v) is 9.47. The fourth-order valence-corrected chi connectivity index (χ4v) is 4.53. The predicted octanol–water partition coefficient (Wildman–Crippen LogP) is 3.36. The molecular weight excluding hydrogens is 432 g/mol. The van der Waals surface area contributed by atoms with E-state index in [4.69, 9.17) is 9.47 Å². The van der Waals surface area contributed by atoms with Gasteiger partial charge in [-0.15, -0.1) is 0 Å². The molecule has 0 unspecified atom stereocenters. The Morgan fingerprint density at radius 2 is 1.72 bits per heavy atom. The van der Waals surface area contributed by atoms with E-state index in [0.717, 1.165) is 28.7 Å². The lowest BCUT2D eigenvalue weighted by Gasteiger charge is -2.29. The number of phenolic OH excluding ortho intramolecular Hbond substituents is 1. The van der Waals surface area contributed by atoms with Crippen molar-refractivity contribution in [2.45, 2.75) is 6.42 Å². The van der Waals surface area contributed by atoms with Gasteiger partial charge in [0.2, 0.25) is 16.8 Å². The van der Waals surface area contributed by atoms with Gasteiger partial charge in [-0.1, -0.05) is 18.2 Å². The van der Waals surface area contributed by atoms with E-state index in [1.54, 1.807) is 17.0 Å². The summed E-state index contributed by atoms with van der Waals surface area (Å²) >= 11 is 0. The van der Waals surface area contributed by atoms with Crippen LogP contribution in [0.5, 0.6) is 17.2 Å². The van der Waals surface area contributed by atoms with Gasteiger partial charge in [0.1, 0.15) is 5.75 Å². The van der Waals surface area contributed by atoms with Gasteiger partial charge in [-0.25, -0.2) is 8.42 Å². The molecule has 2 aliphatic heterocycles. The Labute approximate surface area is 185 Å². The number of hydrogen-bond donors (Lipinski definition) is 2. The Hall–Kier alpha value is -3.72. The van der Waals surface area contributed by atoms with Crippen LogP contribution in [0.15, 0.2) is 54.6 Å². The molecule has 0 radical (unpaired) electrons. The number of nitrogens with one attached hydrogen (secondary N) is 1. The van der Waals surface area contributed by atoms with Crippen LogP contribution in [-0.4, -0.2) is 39.0 Å². The summed E-state index contributed by atoms with van der Waals surface area (Å²) in [6.07, 6.45) is 1.63. The minimum Gasteiger partial charge on any atom is -0.506 e. The summed E-state index contributed by atoms with van der Waals surface area (Å²) in [6, 6.07) is 15.9. The number of anilines is 2. The third-order valence-electron chi connectivity index (χ3n) is 5.48. The van der Waals surface area contributed by atoms with Crippen molar-refractivity contribution in [2.75, 3.05) is 29.2 Å². The third-order valence-corrected chi connectivity index (χ3v) is 6.07. The fraction of sp³-hybridized carbons (Fsp3) is 0.174. The Morgan fingerprint density at radius 1 is 0.969 bits per heavy atom. The quantitative estimate of drug-likeness (QED) is 0.588. The Kier molecular flexibility index (Phi) is 4.70. The first-order valence-corrected chi connectivity index (χ1v) is 11.8. The standard InChI is InChI=1S/C23H20N2O6S/c1-32(28,29)24-19-12-17(4-6-20(19)26)25-9-8-16-10-14(2-5-18(16)23(25)27)15-3-7-21-22(11-15)31-13-30-21/h2-7,10-12,24,26H,8-9,13H2,1H3. The van der Waals surface area contributed by atoms with Crippen LogP contribution in [0.4, 0.5) is 11.4 Å². The maximum Gasteiger partial charge on any atom is 0.258 e. The molecular formula is C23H20N2O6S. The second-order valence-electron chi connectivity index (χ2n) is 7.72. The van der Waals surface area contributed by atoms with Gasteiger partial charge in [-0.2, -0.15) is 0 Å². The molecule has 9 heteroatoms. The molecule has 32 heavy (non-hydrogen) atoms. The molecule has 2 N–H and O–H groups in total. The molecule has 1 amide bonds. The van der Waals surface area contributed by atoms with Crippen LogP contribution in [0.1, 0.15) is 15.9 Å². The summed E-state index contributed by atoms with van der Waals surface area (Å²) in [7, 11) is -3.57. The number of nitrogens with zero attached hydrogens (tertiary/aromatic N) is 1. The molecule has 0 atom stereocenters. The zero-order valence-electron chi connectivity index (χ0n) is 17.2. The van der Waals surface area contributed by atoms with E-state index in [2.05, 4.69) is 4.72 Å². The van der Waals surface area contributed by atoms with Gasteiger partial charge in [0.05, 0.1) is 11.9 Å². The average Bonchev–Trinajstić information content (AvgIpc) is 3.22. The van der Waals surface area contributed by atoms with E-state index in [1.165, 1.54) is 12.1 Å².